The van der Waals surface area contributed by atoms with Crippen LogP contribution in [0.25, 0.3) is 44.4 Å². The zero-order valence-electron chi connectivity index (χ0n) is 23.3. The number of benzene rings is 3. The molecule has 3 aromatic carbocycles. The molecule has 0 saturated carbocycles. The van der Waals surface area contributed by atoms with Gasteiger partial charge in [0.25, 0.3) is 0 Å². The fourth-order valence-corrected chi connectivity index (χ4v) is 6.25. The Hall–Kier alpha value is -4.76. The van der Waals surface area contributed by atoms with E-state index in [9.17, 15) is 9.59 Å². The van der Waals surface area contributed by atoms with Gasteiger partial charge < -0.3 is 25.5 Å². The van der Waals surface area contributed by atoms with Gasteiger partial charge in [0.15, 0.2) is 0 Å². The predicted octanol–water partition coefficient (Wildman–Crippen LogP) is 5.12. The minimum absolute atomic E-state index is 0.00829. The number of carbonyl (C=O) groups is 2. The third kappa shape index (κ3) is 5.07. The lowest BCUT2D eigenvalue weighted by atomic mass is 9.98. The van der Waals surface area contributed by atoms with Gasteiger partial charge in [-0.1, -0.05) is 48.5 Å². The SMILES string of the molecule is O=CNCC(=O)N1CCCC1c1ncc(-c2ccc(-c3ccc4cc(-c5cnc(C6CCCN6)[nH]5)ccc4c3)cc2)[nH]1. The van der Waals surface area contributed by atoms with Crippen molar-refractivity contribution >= 4 is 23.1 Å². The number of imidazole rings is 2. The standard InChI is InChI=1S/C33H33N7O2/c41-20-34-19-31(42)40-14-2-4-30(40)33-37-17-28(39-33)22-7-5-21(6-8-22)23-9-10-25-16-26(12-11-24(25)15-23)29-18-36-32(38-29)27-3-1-13-35-27/h5-12,15-18,20,27,30,35H,1-4,13-14,19H2,(H,34,41)(H,36,38)(H,37,39). The molecule has 2 amide bonds. The van der Waals surface area contributed by atoms with E-state index in [4.69, 9.17) is 0 Å². The molecule has 0 spiro atoms. The van der Waals surface area contributed by atoms with Crippen LogP contribution in [0, 0.1) is 0 Å². The summed E-state index contributed by atoms with van der Waals surface area (Å²) >= 11 is 0. The van der Waals surface area contributed by atoms with Crippen molar-refractivity contribution in [1.29, 1.82) is 0 Å². The molecule has 212 valence electrons. The average molecular weight is 560 g/mol. The quantitative estimate of drug-likeness (QED) is 0.197. The largest absolute Gasteiger partial charge is 0.350 e. The van der Waals surface area contributed by atoms with E-state index < -0.39 is 0 Å². The molecule has 2 atom stereocenters. The zero-order valence-corrected chi connectivity index (χ0v) is 23.3. The molecule has 2 fully saturated rings. The van der Waals surface area contributed by atoms with Crippen LogP contribution in [0.15, 0.2) is 73.1 Å². The van der Waals surface area contributed by atoms with Crippen molar-refractivity contribution in [2.24, 2.45) is 0 Å². The topological polar surface area (TPSA) is 119 Å². The smallest absolute Gasteiger partial charge is 0.242 e. The Balaban J connectivity index is 1.06. The number of likely N-dealkylation sites (tertiary alicyclic amines) is 1. The first kappa shape index (κ1) is 26.2. The summed E-state index contributed by atoms with van der Waals surface area (Å²) in [5.74, 6) is 1.71. The van der Waals surface area contributed by atoms with Crippen molar-refractivity contribution in [3.63, 3.8) is 0 Å². The van der Waals surface area contributed by atoms with Crippen LogP contribution in [-0.2, 0) is 9.59 Å². The molecule has 42 heavy (non-hydrogen) atoms. The van der Waals surface area contributed by atoms with Gasteiger partial charge in [-0.15, -0.1) is 0 Å². The van der Waals surface area contributed by atoms with Crippen molar-refractivity contribution in [1.82, 2.24) is 35.5 Å². The summed E-state index contributed by atoms with van der Waals surface area (Å²) in [6, 6.07) is 21.8. The Morgan fingerprint density at radius 2 is 1.50 bits per heavy atom. The lowest BCUT2D eigenvalue weighted by molar-refractivity contribution is -0.132. The molecule has 9 nitrogen and oxygen atoms in total. The van der Waals surface area contributed by atoms with Gasteiger partial charge in [0, 0.05) is 12.1 Å². The van der Waals surface area contributed by atoms with E-state index in [1.807, 2.05) is 12.4 Å². The first-order chi connectivity index (χ1) is 20.7. The molecule has 7 rings (SSSR count). The monoisotopic (exact) mass is 559 g/mol. The maximum atomic E-state index is 12.5. The number of carbonyl (C=O) groups excluding carboxylic acids is 2. The molecule has 0 bridgehead atoms. The summed E-state index contributed by atoms with van der Waals surface area (Å²) in [5, 5.41) is 8.35. The molecule has 2 aromatic heterocycles. The van der Waals surface area contributed by atoms with Crippen molar-refractivity contribution in [3.05, 3.63) is 84.7 Å². The molecular weight excluding hydrogens is 526 g/mol. The molecule has 0 radical (unpaired) electrons. The normalized spacial score (nSPS) is 18.5. The molecule has 2 aliphatic heterocycles. The molecule has 2 saturated heterocycles. The zero-order chi connectivity index (χ0) is 28.5. The number of aromatic amines is 2. The van der Waals surface area contributed by atoms with Gasteiger partial charge in [-0.2, -0.15) is 0 Å². The van der Waals surface area contributed by atoms with Crippen LogP contribution < -0.4 is 10.6 Å². The molecular formula is C33H33N7O2. The Morgan fingerprint density at radius 3 is 2.26 bits per heavy atom. The number of nitrogens with one attached hydrogen (secondary N) is 4. The Morgan fingerprint density at radius 1 is 0.833 bits per heavy atom. The Kier molecular flexibility index (Phi) is 7.01. The van der Waals surface area contributed by atoms with Crippen molar-refractivity contribution in [3.8, 4) is 33.6 Å². The van der Waals surface area contributed by atoms with E-state index in [0.717, 1.165) is 71.1 Å². The number of hydrogen-bond acceptors (Lipinski definition) is 5. The minimum atomic E-state index is -0.100. The number of hydrogen-bond donors (Lipinski definition) is 4. The van der Waals surface area contributed by atoms with Crippen LogP contribution >= 0.6 is 0 Å². The van der Waals surface area contributed by atoms with Crippen molar-refractivity contribution < 1.29 is 9.59 Å². The summed E-state index contributed by atoms with van der Waals surface area (Å²) in [6.07, 6.45) is 8.40. The van der Waals surface area contributed by atoms with Gasteiger partial charge in [-0.25, -0.2) is 9.97 Å². The van der Waals surface area contributed by atoms with Crippen molar-refractivity contribution in [2.75, 3.05) is 19.6 Å². The second-order valence-electron chi connectivity index (χ2n) is 11.1. The van der Waals surface area contributed by atoms with Gasteiger partial charge in [0.1, 0.15) is 11.6 Å². The molecule has 0 aliphatic carbocycles. The average Bonchev–Trinajstić information content (AvgIpc) is 3.86. The van der Waals surface area contributed by atoms with Crippen LogP contribution in [0.4, 0.5) is 0 Å². The molecule has 5 aromatic rings. The molecule has 4 heterocycles. The second kappa shape index (κ2) is 11.3. The third-order valence-electron chi connectivity index (χ3n) is 8.49. The van der Waals surface area contributed by atoms with Crippen LogP contribution in [-0.4, -0.2) is 56.8 Å². The summed E-state index contributed by atoms with van der Waals surface area (Å²) in [6.45, 7) is 1.73. The highest BCUT2D eigenvalue weighted by atomic mass is 16.2. The lowest BCUT2D eigenvalue weighted by Gasteiger charge is -2.23. The Bertz CT molecular complexity index is 1730. The van der Waals surface area contributed by atoms with Crippen LogP contribution in [0.2, 0.25) is 0 Å². The summed E-state index contributed by atoms with van der Waals surface area (Å²) < 4.78 is 0. The molecule has 2 aliphatic rings. The van der Waals surface area contributed by atoms with Crippen LogP contribution in [0.3, 0.4) is 0 Å². The van der Waals surface area contributed by atoms with E-state index >= 15 is 0 Å². The molecule has 2 unspecified atom stereocenters. The number of aromatic nitrogens is 4. The maximum Gasteiger partial charge on any atom is 0.242 e. The lowest BCUT2D eigenvalue weighted by Crippen LogP contribution is -2.37. The molecule has 9 heteroatoms. The van der Waals surface area contributed by atoms with Crippen LogP contribution in [0.5, 0.6) is 0 Å². The maximum absolute atomic E-state index is 12.5. The number of H-pyrrole nitrogens is 2. The minimum Gasteiger partial charge on any atom is -0.350 e. The summed E-state index contributed by atoms with van der Waals surface area (Å²) in [4.78, 5) is 41.1. The van der Waals surface area contributed by atoms with Gasteiger partial charge in [-0.3, -0.25) is 9.59 Å². The highest BCUT2D eigenvalue weighted by Gasteiger charge is 2.31. The summed E-state index contributed by atoms with van der Waals surface area (Å²) in [5.41, 5.74) is 6.43. The van der Waals surface area contributed by atoms with E-state index in [1.165, 1.54) is 17.2 Å². The third-order valence-corrected chi connectivity index (χ3v) is 8.49. The van der Waals surface area contributed by atoms with Gasteiger partial charge in [0.05, 0.1) is 42.4 Å². The number of amides is 2. The fraction of sp³-hybridized carbons (Fsp3) is 0.273. The number of fused-ring (bicyclic) bond motifs is 1. The van der Waals surface area contributed by atoms with Gasteiger partial charge >= 0.3 is 0 Å². The second-order valence-corrected chi connectivity index (χ2v) is 11.1. The van der Waals surface area contributed by atoms with E-state index in [-0.39, 0.29) is 18.5 Å². The van der Waals surface area contributed by atoms with E-state index in [0.29, 0.717) is 19.0 Å². The first-order valence-electron chi connectivity index (χ1n) is 14.6. The number of nitrogens with zero attached hydrogens (tertiary/aromatic N) is 3. The highest BCUT2D eigenvalue weighted by molar-refractivity contribution is 5.90. The van der Waals surface area contributed by atoms with Gasteiger partial charge in [-0.05, 0) is 71.8 Å². The first-order valence-corrected chi connectivity index (χ1v) is 14.6. The van der Waals surface area contributed by atoms with E-state index in [2.05, 4.69) is 91.2 Å². The highest BCUT2D eigenvalue weighted by Crippen LogP contribution is 2.33. The summed E-state index contributed by atoms with van der Waals surface area (Å²) in [7, 11) is 0. The van der Waals surface area contributed by atoms with Crippen molar-refractivity contribution in [2.45, 2.75) is 37.8 Å². The van der Waals surface area contributed by atoms with E-state index in [1.54, 1.807) is 4.90 Å². The van der Waals surface area contributed by atoms with Crippen LogP contribution in [0.1, 0.15) is 49.4 Å². The van der Waals surface area contributed by atoms with Gasteiger partial charge in [0.2, 0.25) is 12.3 Å². The molecule has 4 N–H and O–H groups in total. The fourth-order valence-electron chi connectivity index (χ4n) is 6.25. The predicted molar refractivity (Wildman–Crippen MR) is 162 cm³/mol. The Labute approximate surface area is 243 Å². The number of rotatable bonds is 8.